The number of nitrogen functional groups attached to an aromatic ring is 1. The van der Waals surface area contributed by atoms with E-state index in [0.29, 0.717) is 5.92 Å². The Morgan fingerprint density at radius 1 is 1.14 bits per heavy atom. The quantitative estimate of drug-likeness (QED) is 0.885. The van der Waals surface area contributed by atoms with E-state index < -0.39 is 0 Å². The van der Waals surface area contributed by atoms with Crippen molar-refractivity contribution in [2.24, 2.45) is 0 Å². The van der Waals surface area contributed by atoms with E-state index in [1.165, 1.54) is 29.5 Å². The number of benzene rings is 1. The highest BCUT2D eigenvalue weighted by Crippen LogP contribution is 2.32. The van der Waals surface area contributed by atoms with Gasteiger partial charge in [0.25, 0.3) is 0 Å². The maximum absolute atomic E-state index is 6.01. The molecule has 3 rings (SSSR count). The van der Waals surface area contributed by atoms with Crippen LogP contribution in [-0.2, 0) is 6.54 Å². The van der Waals surface area contributed by atoms with Crippen LogP contribution in [0.4, 0.5) is 5.69 Å². The van der Waals surface area contributed by atoms with Crippen LogP contribution in [0.15, 0.2) is 30.7 Å². The number of hydrogen-bond acceptors (Lipinski definition) is 4. The van der Waals surface area contributed by atoms with Crippen molar-refractivity contribution in [1.82, 2.24) is 14.9 Å². The second-order valence-corrected chi connectivity index (χ2v) is 6.31. The van der Waals surface area contributed by atoms with Crippen LogP contribution in [0, 0.1) is 13.8 Å². The molecular weight excluding hydrogens is 272 g/mol. The van der Waals surface area contributed by atoms with Crippen LogP contribution < -0.4 is 5.73 Å². The molecule has 1 aliphatic heterocycles. The standard InChI is InChI=1S/C18H24N4/c1-13-10-18(19)14(2)9-17(13)15-3-7-22(8-4-15)12-16-11-20-5-6-21-16/h5-6,9-11,15H,3-4,7-8,12,19H2,1-2H3. The number of anilines is 1. The van der Waals surface area contributed by atoms with Gasteiger partial charge in [-0.1, -0.05) is 6.07 Å². The minimum absolute atomic E-state index is 0.650. The molecule has 4 nitrogen and oxygen atoms in total. The molecule has 0 aliphatic carbocycles. The largest absolute Gasteiger partial charge is 0.399 e. The van der Waals surface area contributed by atoms with Crippen molar-refractivity contribution in [3.8, 4) is 0 Å². The fourth-order valence-corrected chi connectivity index (χ4v) is 3.34. The van der Waals surface area contributed by atoms with Gasteiger partial charge in [0, 0.05) is 30.8 Å². The molecule has 0 unspecified atom stereocenters. The second-order valence-electron chi connectivity index (χ2n) is 6.31. The van der Waals surface area contributed by atoms with E-state index in [2.05, 4.69) is 40.8 Å². The predicted octanol–water partition coefficient (Wildman–Crippen LogP) is 3.06. The van der Waals surface area contributed by atoms with E-state index in [-0.39, 0.29) is 0 Å². The number of piperidine rings is 1. The summed E-state index contributed by atoms with van der Waals surface area (Å²) in [7, 11) is 0. The van der Waals surface area contributed by atoms with E-state index in [1.807, 2.05) is 6.20 Å². The van der Waals surface area contributed by atoms with Gasteiger partial charge in [-0.2, -0.15) is 0 Å². The molecule has 22 heavy (non-hydrogen) atoms. The predicted molar refractivity (Wildman–Crippen MR) is 89.6 cm³/mol. The normalized spacial score (nSPS) is 16.8. The number of rotatable bonds is 3. The zero-order valence-corrected chi connectivity index (χ0v) is 13.4. The highest BCUT2D eigenvalue weighted by atomic mass is 15.1. The molecule has 4 heteroatoms. The third-order valence-corrected chi connectivity index (χ3v) is 4.68. The third kappa shape index (κ3) is 3.28. The first-order valence-electron chi connectivity index (χ1n) is 7.97. The number of nitrogens with zero attached hydrogens (tertiary/aromatic N) is 3. The third-order valence-electron chi connectivity index (χ3n) is 4.68. The first-order valence-corrected chi connectivity index (χ1v) is 7.97. The smallest absolute Gasteiger partial charge is 0.0726 e. The Kier molecular flexibility index (Phi) is 4.39. The van der Waals surface area contributed by atoms with Gasteiger partial charge in [0.05, 0.1) is 5.69 Å². The summed E-state index contributed by atoms with van der Waals surface area (Å²) >= 11 is 0. The van der Waals surface area contributed by atoms with Crippen LogP contribution in [0.2, 0.25) is 0 Å². The van der Waals surface area contributed by atoms with Gasteiger partial charge in [-0.3, -0.25) is 14.9 Å². The fourth-order valence-electron chi connectivity index (χ4n) is 3.34. The number of hydrogen-bond donors (Lipinski definition) is 1. The molecule has 0 atom stereocenters. The van der Waals surface area contributed by atoms with E-state index >= 15 is 0 Å². The molecule has 0 bridgehead atoms. The Balaban J connectivity index is 1.63. The summed E-state index contributed by atoms with van der Waals surface area (Å²) in [5.41, 5.74) is 12.0. The fraction of sp³-hybridized carbons (Fsp3) is 0.444. The molecule has 0 radical (unpaired) electrons. The van der Waals surface area contributed by atoms with Crippen LogP contribution in [0.25, 0.3) is 0 Å². The van der Waals surface area contributed by atoms with Gasteiger partial charge in [-0.05, 0) is 68.5 Å². The summed E-state index contributed by atoms with van der Waals surface area (Å²) in [4.78, 5) is 11.0. The van der Waals surface area contributed by atoms with Gasteiger partial charge in [-0.15, -0.1) is 0 Å². The summed E-state index contributed by atoms with van der Waals surface area (Å²) in [5, 5.41) is 0. The monoisotopic (exact) mass is 296 g/mol. The Morgan fingerprint density at radius 2 is 1.91 bits per heavy atom. The lowest BCUT2D eigenvalue weighted by atomic mass is 9.85. The van der Waals surface area contributed by atoms with Gasteiger partial charge in [0.1, 0.15) is 0 Å². The molecule has 1 aromatic carbocycles. The average molecular weight is 296 g/mol. The van der Waals surface area contributed by atoms with Gasteiger partial charge in [0.15, 0.2) is 0 Å². The van der Waals surface area contributed by atoms with Crippen LogP contribution in [0.1, 0.15) is 41.1 Å². The highest BCUT2D eigenvalue weighted by Gasteiger charge is 2.22. The SMILES string of the molecule is Cc1cc(C2CCN(Cc3cnccn3)CC2)c(C)cc1N. The van der Waals surface area contributed by atoms with Gasteiger partial charge < -0.3 is 5.73 Å². The lowest BCUT2D eigenvalue weighted by Gasteiger charge is -2.32. The number of likely N-dealkylation sites (tertiary alicyclic amines) is 1. The van der Waals surface area contributed by atoms with Crippen molar-refractivity contribution in [2.75, 3.05) is 18.8 Å². The summed E-state index contributed by atoms with van der Waals surface area (Å²) in [5.74, 6) is 0.650. The van der Waals surface area contributed by atoms with E-state index in [4.69, 9.17) is 5.73 Å². The average Bonchev–Trinajstić information content (AvgIpc) is 2.53. The zero-order chi connectivity index (χ0) is 15.5. The van der Waals surface area contributed by atoms with Crippen LogP contribution in [0.5, 0.6) is 0 Å². The Bertz CT molecular complexity index is 631. The number of nitrogens with two attached hydrogens (primary N) is 1. The van der Waals surface area contributed by atoms with Crippen molar-refractivity contribution in [3.63, 3.8) is 0 Å². The number of aryl methyl sites for hydroxylation is 2. The molecule has 116 valence electrons. The van der Waals surface area contributed by atoms with Gasteiger partial charge in [-0.25, -0.2) is 0 Å². The summed E-state index contributed by atoms with van der Waals surface area (Å²) in [6.45, 7) is 7.41. The molecule has 2 aromatic rings. The second kappa shape index (κ2) is 6.44. The molecular formula is C18H24N4. The lowest BCUT2D eigenvalue weighted by Crippen LogP contribution is -2.33. The maximum atomic E-state index is 6.01. The van der Waals surface area contributed by atoms with Crippen LogP contribution in [0.3, 0.4) is 0 Å². The highest BCUT2D eigenvalue weighted by molar-refractivity contribution is 5.52. The topological polar surface area (TPSA) is 55.0 Å². The van der Waals surface area contributed by atoms with Gasteiger partial charge >= 0.3 is 0 Å². The molecule has 1 fully saturated rings. The Labute approximate surface area is 132 Å². The molecule has 0 saturated carbocycles. The summed E-state index contributed by atoms with van der Waals surface area (Å²) in [6, 6.07) is 4.41. The van der Waals surface area contributed by atoms with Crippen molar-refractivity contribution in [2.45, 2.75) is 39.2 Å². The Hall–Kier alpha value is -1.94. The van der Waals surface area contributed by atoms with Crippen molar-refractivity contribution in [3.05, 3.63) is 53.1 Å². The number of aromatic nitrogens is 2. The van der Waals surface area contributed by atoms with Crippen molar-refractivity contribution >= 4 is 5.69 Å². The minimum Gasteiger partial charge on any atom is -0.399 e. The summed E-state index contributed by atoms with van der Waals surface area (Å²) < 4.78 is 0. The molecule has 2 N–H and O–H groups in total. The Morgan fingerprint density at radius 3 is 2.59 bits per heavy atom. The van der Waals surface area contributed by atoms with Crippen LogP contribution in [-0.4, -0.2) is 28.0 Å². The first-order chi connectivity index (χ1) is 10.6. The van der Waals surface area contributed by atoms with Gasteiger partial charge in [0.2, 0.25) is 0 Å². The molecule has 0 amide bonds. The molecule has 1 aliphatic rings. The van der Waals surface area contributed by atoms with E-state index in [0.717, 1.165) is 31.0 Å². The van der Waals surface area contributed by atoms with E-state index in [9.17, 15) is 0 Å². The molecule has 1 saturated heterocycles. The lowest BCUT2D eigenvalue weighted by molar-refractivity contribution is 0.202. The van der Waals surface area contributed by atoms with Crippen molar-refractivity contribution in [1.29, 1.82) is 0 Å². The zero-order valence-electron chi connectivity index (χ0n) is 13.4. The minimum atomic E-state index is 0.650. The van der Waals surface area contributed by atoms with Crippen molar-refractivity contribution < 1.29 is 0 Å². The first kappa shape index (κ1) is 15.0. The molecule has 2 heterocycles. The molecule has 0 spiro atoms. The summed E-state index contributed by atoms with van der Waals surface area (Å²) in [6.07, 6.45) is 7.75. The van der Waals surface area contributed by atoms with E-state index in [1.54, 1.807) is 12.4 Å². The van der Waals surface area contributed by atoms with Crippen LogP contribution >= 0.6 is 0 Å². The molecule has 1 aromatic heterocycles. The maximum Gasteiger partial charge on any atom is 0.0726 e.